The highest BCUT2D eigenvalue weighted by molar-refractivity contribution is 5.93. The van der Waals surface area contributed by atoms with Crippen molar-refractivity contribution in [2.75, 3.05) is 7.11 Å². The minimum Gasteiger partial charge on any atom is -0.381 e. The van der Waals surface area contributed by atoms with E-state index in [0.29, 0.717) is 36.1 Å². The fraction of sp³-hybridized carbons (Fsp3) is 0.500. The molecule has 3 heteroatoms. The predicted octanol–water partition coefficient (Wildman–Crippen LogP) is 5.85. The third-order valence-electron chi connectivity index (χ3n) is 8.43. The fourth-order valence-electron chi connectivity index (χ4n) is 7.12. The molecule has 0 aromatic heterocycles. The van der Waals surface area contributed by atoms with Gasteiger partial charge in [0.15, 0.2) is 5.78 Å². The van der Waals surface area contributed by atoms with Crippen molar-refractivity contribution in [1.29, 1.82) is 5.41 Å². The van der Waals surface area contributed by atoms with Crippen LogP contribution in [0.4, 0.5) is 0 Å². The van der Waals surface area contributed by atoms with E-state index in [1.54, 1.807) is 5.57 Å². The predicted molar refractivity (Wildman–Crippen MR) is 125 cm³/mol. The zero-order valence-corrected chi connectivity index (χ0v) is 18.7. The van der Waals surface area contributed by atoms with Gasteiger partial charge >= 0.3 is 0 Å². The van der Waals surface area contributed by atoms with E-state index in [1.165, 1.54) is 35.8 Å². The summed E-state index contributed by atoms with van der Waals surface area (Å²) in [6.45, 7) is 2.47. The van der Waals surface area contributed by atoms with Crippen LogP contribution in [0.2, 0.25) is 0 Å². The third kappa shape index (κ3) is 3.52. The topological polar surface area (TPSA) is 50.2 Å². The lowest BCUT2D eigenvalue weighted by molar-refractivity contribution is -0.114. The van der Waals surface area contributed by atoms with Crippen LogP contribution in [0.15, 0.2) is 47.1 Å². The molecule has 5 atom stereocenters. The van der Waals surface area contributed by atoms with Crippen LogP contribution >= 0.6 is 0 Å². The van der Waals surface area contributed by atoms with E-state index in [-0.39, 0.29) is 5.41 Å². The van der Waals surface area contributed by atoms with Crippen molar-refractivity contribution in [1.82, 2.24) is 0 Å². The second kappa shape index (κ2) is 8.60. The molecule has 4 aliphatic carbocycles. The molecule has 1 N–H and O–H groups in total. The van der Waals surface area contributed by atoms with Gasteiger partial charge in [0.1, 0.15) is 0 Å². The van der Waals surface area contributed by atoms with Crippen LogP contribution in [-0.2, 0) is 9.53 Å². The number of rotatable bonds is 3. The number of terminal acetylenes is 1. The Morgan fingerprint density at radius 3 is 2.52 bits per heavy atom. The molecule has 0 saturated heterocycles. The molecule has 2 fully saturated rings. The Hall–Kier alpha value is -2.44. The molecule has 4 aliphatic rings. The van der Waals surface area contributed by atoms with Gasteiger partial charge in [-0.15, -0.1) is 12.8 Å². The monoisotopic (exact) mass is 415 g/mol. The van der Waals surface area contributed by atoms with Crippen LogP contribution in [0.25, 0.3) is 0 Å². The highest BCUT2D eigenvalue weighted by Crippen LogP contribution is 2.64. The molecular weight excluding hydrogens is 382 g/mol. The zero-order chi connectivity index (χ0) is 22.2. The molecule has 0 bridgehead atoms. The first-order chi connectivity index (χ1) is 15.0. The number of benzene rings is 1. The second-order valence-corrected chi connectivity index (χ2v) is 9.70. The highest BCUT2D eigenvalue weighted by atomic mass is 16.5. The summed E-state index contributed by atoms with van der Waals surface area (Å²) in [5.41, 5.74) is 6.98. The molecule has 1 aromatic carbocycles. The number of ketones is 1. The molecule has 0 radical (unpaired) electrons. The van der Waals surface area contributed by atoms with Crippen LogP contribution in [0, 0.1) is 35.5 Å². The number of nitrogens with one attached hydrogen (secondary N) is 1. The lowest BCUT2D eigenvalue weighted by Crippen LogP contribution is -2.45. The first kappa shape index (κ1) is 21.8. The van der Waals surface area contributed by atoms with E-state index in [0.717, 1.165) is 31.2 Å². The Morgan fingerprint density at radius 2 is 1.84 bits per heavy atom. The molecule has 0 heterocycles. The lowest BCUT2D eigenvalue weighted by atomic mass is 9.53. The van der Waals surface area contributed by atoms with E-state index < -0.39 is 0 Å². The first-order valence-electron chi connectivity index (χ1n) is 11.5. The zero-order valence-electron chi connectivity index (χ0n) is 18.7. The van der Waals surface area contributed by atoms with Crippen LogP contribution in [-0.4, -0.2) is 25.2 Å². The highest BCUT2D eigenvalue weighted by Gasteiger charge is 2.56. The molecule has 5 rings (SSSR count). The molecule has 0 amide bonds. The smallest absolute Gasteiger partial charge is 0.156 e. The summed E-state index contributed by atoms with van der Waals surface area (Å²) in [5.74, 6) is 1.99. The summed E-state index contributed by atoms with van der Waals surface area (Å²) in [4.78, 5) is 12.1. The molecular formula is C28H33NO2. The minimum absolute atomic E-state index is 0.208. The van der Waals surface area contributed by atoms with Gasteiger partial charge in [-0.05, 0) is 84.1 Å². The summed E-state index contributed by atoms with van der Waals surface area (Å²) >= 11 is 0. The molecule has 31 heavy (non-hydrogen) atoms. The van der Waals surface area contributed by atoms with Gasteiger partial charge in [-0.1, -0.05) is 36.8 Å². The molecule has 0 spiro atoms. The first-order valence-corrected chi connectivity index (χ1v) is 11.5. The number of methoxy groups -OCH3 is 1. The van der Waals surface area contributed by atoms with Crippen LogP contribution in [0.3, 0.4) is 0 Å². The third-order valence-corrected chi connectivity index (χ3v) is 8.43. The summed E-state index contributed by atoms with van der Waals surface area (Å²) in [5, 5.41) is 7.53. The second-order valence-electron chi connectivity index (χ2n) is 9.70. The summed E-state index contributed by atoms with van der Waals surface area (Å²) in [7, 11) is 1.88. The maximum Gasteiger partial charge on any atom is 0.156 e. The summed E-state index contributed by atoms with van der Waals surface area (Å²) < 4.78 is 6.00. The van der Waals surface area contributed by atoms with Crippen LogP contribution in [0.5, 0.6) is 0 Å². The Balaban J connectivity index is 0.00000112. The SMILES string of the molecule is C#C.COC1CCC2C3CCC4=CC(=O)CCC4=C3C(c3ccc(C=N)cc3)CC12C. The van der Waals surface area contributed by atoms with Crippen molar-refractivity contribution in [3.05, 3.63) is 58.2 Å². The van der Waals surface area contributed by atoms with Gasteiger partial charge in [0.05, 0.1) is 6.10 Å². The van der Waals surface area contributed by atoms with Crippen molar-refractivity contribution in [2.45, 2.75) is 63.9 Å². The largest absolute Gasteiger partial charge is 0.381 e. The van der Waals surface area contributed by atoms with Gasteiger partial charge in [0.25, 0.3) is 0 Å². The van der Waals surface area contributed by atoms with E-state index >= 15 is 0 Å². The minimum atomic E-state index is 0.208. The maximum atomic E-state index is 12.1. The van der Waals surface area contributed by atoms with Gasteiger partial charge in [-0.25, -0.2) is 0 Å². The van der Waals surface area contributed by atoms with Crippen molar-refractivity contribution in [3.63, 3.8) is 0 Å². The number of ether oxygens (including phenoxy) is 1. The Kier molecular flexibility index (Phi) is 6.04. The maximum absolute atomic E-state index is 12.1. The molecule has 1 aromatic rings. The van der Waals surface area contributed by atoms with Crippen molar-refractivity contribution in [3.8, 4) is 12.8 Å². The van der Waals surface area contributed by atoms with E-state index in [9.17, 15) is 4.79 Å². The average molecular weight is 416 g/mol. The van der Waals surface area contributed by atoms with Crippen LogP contribution in [0.1, 0.15) is 68.9 Å². The van der Waals surface area contributed by atoms with Crippen LogP contribution < -0.4 is 0 Å². The molecule has 3 nitrogen and oxygen atoms in total. The number of hydrogen-bond acceptors (Lipinski definition) is 3. The Bertz CT molecular complexity index is 951. The number of fused-ring (bicyclic) bond motifs is 4. The normalized spacial score (nSPS) is 33.9. The van der Waals surface area contributed by atoms with E-state index in [1.807, 2.05) is 13.2 Å². The number of carbonyl (C=O) groups is 1. The lowest BCUT2D eigenvalue weighted by Gasteiger charge is -2.52. The van der Waals surface area contributed by atoms with Gasteiger partial charge < -0.3 is 10.1 Å². The van der Waals surface area contributed by atoms with Crippen molar-refractivity contribution < 1.29 is 9.53 Å². The van der Waals surface area contributed by atoms with Gasteiger partial charge in [0, 0.05) is 25.7 Å². The molecule has 2 saturated carbocycles. The van der Waals surface area contributed by atoms with Crippen molar-refractivity contribution >= 4 is 12.0 Å². The average Bonchev–Trinajstić information content (AvgIpc) is 3.15. The van der Waals surface area contributed by atoms with Gasteiger partial charge in [0.2, 0.25) is 0 Å². The molecule has 0 aliphatic heterocycles. The molecule has 162 valence electrons. The number of hydrogen-bond donors (Lipinski definition) is 1. The number of allylic oxidation sites excluding steroid dienone is 4. The van der Waals surface area contributed by atoms with Gasteiger partial charge in [-0.2, -0.15) is 0 Å². The molecule has 5 unspecified atom stereocenters. The fourth-order valence-corrected chi connectivity index (χ4v) is 7.12. The Labute approximate surface area is 186 Å². The standard InChI is InChI=1S/C26H31NO2.C2H2/c1-26-14-22(17-5-3-16(15-27)4-6-17)25-20-10-8-19(28)13-18(20)7-9-21(25)23(26)11-12-24(26)29-2;1-2/h3-6,13,15,21-24,27H,7-12,14H2,1-2H3;1-2H. The van der Waals surface area contributed by atoms with E-state index in [2.05, 4.69) is 44.0 Å². The number of carbonyl (C=O) groups excluding carboxylic acids is 1. The Morgan fingerprint density at radius 1 is 1.10 bits per heavy atom. The van der Waals surface area contributed by atoms with Gasteiger partial charge in [-0.3, -0.25) is 4.79 Å². The van der Waals surface area contributed by atoms with E-state index in [4.69, 9.17) is 10.1 Å². The quantitative estimate of drug-likeness (QED) is 0.497. The van der Waals surface area contributed by atoms with Crippen molar-refractivity contribution in [2.24, 2.45) is 17.3 Å². The summed E-state index contributed by atoms with van der Waals surface area (Å²) in [6.07, 6.45) is 19.0. The summed E-state index contributed by atoms with van der Waals surface area (Å²) in [6, 6.07) is 8.59.